The van der Waals surface area contributed by atoms with Gasteiger partial charge >= 0.3 is 0 Å². The van der Waals surface area contributed by atoms with Crippen molar-refractivity contribution in [3.63, 3.8) is 0 Å². The number of carbonyl (C=O) groups excluding carboxylic acids is 1. The minimum Gasteiger partial charge on any atom is -0.493 e. The number of hydrogen-bond donors (Lipinski definition) is 2. The van der Waals surface area contributed by atoms with Crippen LogP contribution < -0.4 is 14.8 Å². The van der Waals surface area contributed by atoms with Gasteiger partial charge in [0.25, 0.3) is 5.91 Å². The maximum atomic E-state index is 12.2. The van der Waals surface area contributed by atoms with Gasteiger partial charge in [0.15, 0.2) is 11.5 Å². The Bertz CT molecular complexity index is 898. The summed E-state index contributed by atoms with van der Waals surface area (Å²) in [7, 11) is 1.57. The van der Waals surface area contributed by atoms with Crippen molar-refractivity contribution in [1.82, 2.24) is 20.1 Å². The van der Waals surface area contributed by atoms with E-state index < -0.39 is 12.0 Å². The van der Waals surface area contributed by atoms with Crippen molar-refractivity contribution >= 4 is 5.91 Å². The lowest BCUT2D eigenvalue weighted by atomic mass is 10.1. The molecule has 0 radical (unpaired) electrons. The van der Waals surface area contributed by atoms with Gasteiger partial charge < -0.3 is 19.9 Å². The number of nitrogens with one attached hydrogen (secondary N) is 1. The zero-order valence-corrected chi connectivity index (χ0v) is 15.5. The SMILES string of the molecule is COc1ccccc1OCCNC(=O)c1ncn(C[C@H](O)c2ccccc2)n1. The van der Waals surface area contributed by atoms with Gasteiger partial charge in [0.2, 0.25) is 5.82 Å². The number of hydrogen-bond acceptors (Lipinski definition) is 6. The van der Waals surface area contributed by atoms with Crippen molar-refractivity contribution < 1.29 is 19.4 Å². The molecule has 2 aromatic carbocycles. The number of aliphatic hydroxyl groups is 1. The summed E-state index contributed by atoms with van der Waals surface area (Å²) in [6, 6.07) is 16.5. The molecule has 1 atom stereocenters. The summed E-state index contributed by atoms with van der Waals surface area (Å²) in [5.74, 6) is 0.872. The number of benzene rings is 2. The highest BCUT2D eigenvalue weighted by atomic mass is 16.5. The van der Waals surface area contributed by atoms with Crippen molar-refractivity contribution in [1.29, 1.82) is 0 Å². The van der Waals surface area contributed by atoms with Crippen LogP contribution in [-0.4, -0.2) is 46.0 Å². The Balaban J connectivity index is 1.46. The third-order valence-electron chi connectivity index (χ3n) is 4.00. The second-order valence-corrected chi connectivity index (χ2v) is 5.97. The quantitative estimate of drug-likeness (QED) is 0.548. The molecule has 8 nitrogen and oxygen atoms in total. The maximum Gasteiger partial charge on any atom is 0.291 e. The first-order valence-corrected chi connectivity index (χ1v) is 8.84. The molecule has 0 saturated carbocycles. The first kappa shape index (κ1) is 19.4. The fraction of sp³-hybridized carbons (Fsp3) is 0.250. The second-order valence-electron chi connectivity index (χ2n) is 5.97. The summed E-state index contributed by atoms with van der Waals surface area (Å²) in [4.78, 5) is 16.2. The van der Waals surface area contributed by atoms with Crippen LogP contribution in [0.25, 0.3) is 0 Å². The molecule has 0 unspecified atom stereocenters. The monoisotopic (exact) mass is 382 g/mol. The number of nitrogens with zero attached hydrogens (tertiary/aromatic N) is 3. The molecule has 0 aliphatic heterocycles. The molecule has 0 bridgehead atoms. The Kier molecular flexibility index (Phi) is 6.59. The van der Waals surface area contributed by atoms with Crippen molar-refractivity contribution in [2.75, 3.05) is 20.3 Å². The first-order valence-electron chi connectivity index (χ1n) is 8.84. The van der Waals surface area contributed by atoms with Gasteiger partial charge in [0.05, 0.1) is 26.3 Å². The number of carbonyl (C=O) groups is 1. The zero-order valence-electron chi connectivity index (χ0n) is 15.5. The number of para-hydroxylation sites is 2. The van der Waals surface area contributed by atoms with Gasteiger partial charge in [-0.05, 0) is 17.7 Å². The Morgan fingerprint density at radius 2 is 1.86 bits per heavy atom. The molecule has 8 heteroatoms. The van der Waals surface area contributed by atoms with E-state index in [-0.39, 0.29) is 25.5 Å². The highest BCUT2D eigenvalue weighted by Gasteiger charge is 2.14. The summed E-state index contributed by atoms with van der Waals surface area (Å²) in [6.45, 7) is 0.777. The fourth-order valence-electron chi connectivity index (χ4n) is 2.59. The Morgan fingerprint density at radius 3 is 2.61 bits per heavy atom. The van der Waals surface area contributed by atoms with E-state index in [2.05, 4.69) is 15.4 Å². The third kappa shape index (κ3) is 5.08. The van der Waals surface area contributed by atoms with Gasteiger partial charge in [-0.1, -0.05) is 42.5 Å². The van der Waals surface area contributed by atoms with Crippen molar-refractivity contribution in [2.45, 2.75) is 12.6 Å². The van der Waals surface area contributed by atoms with Crippen molar-refractivity contribution in [3.8, 4) is 11.5 Å². The topological polar surface area (TPSA) is 98.5 Å². The predicted molar refractivity (Wildman–Crippen MR) is 102 cm³/mol. The molecule has 0 fully saturated rings. The van der Waals surface area contributed by atoms with Gasteiger partial charge in [0, 0.05) is 0 Å². The van der Waals surface area contributed by atoms with Crippen LogP contribution in [0.5, 0.6) is 11.5 Å². The minimum atomic E-state index is -0.729. The predicted octanol–water partition coefficient (Wildman–Crippen LogP) is 1.83. The highest BCUT2D eigenvalue weighted by molar-refractivity contribution is 5.90. The summed E-state index contributed by atoms with van der Waals surface area (Å²) < 4.78 is 12.2. The zero-order chi connectivity index (χ0) is 19.8. The number of ether oxygens (including phenoxy) is 2. The number of amides is 1. The number of methoxy groups -OCH3 is 1. The Labute approximate surface area is 162 Å². The standard InChI is InChI=1S/C20H22N4O4/c1-27-17-9-5-6-10-18(17)28-12-11-21-20(26)19-22-14-24(23-19)13-16(25)15-7-3-2-4-8-15/h2-10,14,16,25H,11-13H2,1H3,(H,21,26)/t16-/m0/s1. The Hall–Kier alpha value is -3.39. The second kappa shape index (κ2) is 9.52. The first-order chi connectivity index (χ1) is 13.7. The van der Waals surface area contributed by atoms with Gasteiger partial charge in [-0.3, -0.25) is 4.79 Å². The highest BCUT2D eigenvalue weighted by Crippen LogP contribution is 2.25. The lowest BCUT2D eigenvalue weighted by Gasteiger charge is -2.10. The van der Waals surface area contributed by atoms with Crippen LogP contribution in [0, 0.1) is 0 Å². The van der Waals surface area contributed by atoms with Crippen LogP contribution in [0.3, 0.4) is 0 Å². The molecule has 0 saturated heterocycles. The van der Waals surface area contributed by atoms with Crippen molar-refractivity contribution in [2.24, 2.45) is 0 Å². The minimum absolute atomic E-state index is 0.0394. The molecule has 3 aromatic rings. The molecule has 1 heterocycles. The maximum absolute atomic E-state index is 12.2. The molecule has 0 spiro atoms. The summed E-state index contributed by atoms with van der Waals surface area (Å²) >= 11 is 0. The van der Waals surface area contributed by atoms with Gasteiger partial charge in [-0.25, -0.2) is 9.67 Å². The average Bonchev–Trinajstić information content (AvgIpc) is 3.20. The smallest absolute Gasteiger partial charge is 0.291 e. The lowest BCUT2D eigenvalue weighted by Crippen LogP contribution is -2.29. The normalized spacial score (nSPS) is 11.6. The summed E-state index contributed by atoms with van der Waals surface area (Å²) in [5.41, 5.74) is 0.775. The molecule has 1 aromatic heterocycles. The summed E-state index contributed by atoms with van der Waals surface area (Å²) in [6.07, 6.45) is 0.694. The van der Waals surface area contributed by atoms with E-state index in [4.69, 9.17) is 9.47 Å². The van der Waals surface area contributed by atoms with E-state index in [0.29, 0.717) is 11.5 Å². The van der Waals surface area contributed by atoms with E-state index in [1.165, 1.54) is 11.0 Å². The molecular weight excluding hydrogens is 360 g/mol. The lowest BCUT2D eigenvalue weighted by molar-refractivity contribution is 0.0934. The van der Waals surface area contributed by atoms with Crippen LogP contribution in [0.2, 0.25) is 0 Å². The average molecular weight is 382 g/mol. The van der Waals surface area contributed by atoms with E-state index >= 15 is 0 Å². The number of aromatic nitrogens is 3. The molecule has 0 aliphatic rings. The molecule has 1 amide bonds. The molecule has 28 heavy (non-hydrogen) atoms. The van der Waals surface area contributed by atoms with Crippen LogP contribution in [-0.2, 0) is 6.54 Å². The van der Waals surface area contributed by atoms with Crippen LogP contribution >= 0.6 is 0 Å². The number of rotatable bonds is 9. The Morgan fingerprint density at radius 1 is 1.14 bits per heavy atom. The van der Waals surface area contributed by atoms with Gasteiger partial charge in [-0.2, -0.15) is 0 Å². The summed E-state index contributed by atoms with van der Waals surface area (Å²) in [5, 5.41) is 17.0. The molecular formula is C20H22N4O4. The van der Waals surface area contributed by atoms with Crippen LogP contribution in [0.1, 0.15) is 22.3 Å². The van der Waals surface area contributed by atoms with E-state index in [1.54, 1.807) is 19.2 Å². The van der Waals surface area contributed by atoms with Gasteiger partial charge in [0.1, 0.15) is 12.9 Å². The van der Waals surface area contributed by atoms with E-state index in [0.717, 1.165) is 5.56 Å². The van der Waals surface area contributed by atoms with E-state index in [1.807, 2.05) is 42.5 Å². The molecule has 3 rings (SSSR count). The van der Waals surface area contributed by atoms with Gasteiger partial charge in [-0.15, -0.1) is 5.10 Å². The molecule has 2 N–H and O–H groups in total. The molecule has 0 aliphatic carbocycles. The third-order valence-corrected chi connectivity index (χ3v) is 4.00. The van der Waals surface area contributed by atoms with Crippen LogP contribution in [0.4, 0.5) is 0 Å². The van der Waals surface area contributed by atoms with Crippen LogP contribution in [0.15, 0.2) is 60.9 Å². The molecule has 146 valence electrons. The largest absolute Gasteiger partial charge is 0.493 e. The van der Waals surface area contributed by atoms with Crippen molar-refractivity contribution in [3.05, 3.63) is 72.3 Å². The number of aliphatic hydroxyl groups excluding tert-OH is 1. The fourth-order valence-corrected chi connectivity index (χ4v) is 2.59. The van der Waals surface area contributed by atoms with E-state index in [9.17, 15) is 9.90 Å².